The number of carboxylic acid groups (broad SMARTS) is 1. The van der Waals surface area contributed by atoms with E-state index in [0.717, 1.165) is 25.7 Å². The van der Waals surface area contributed by atoms with Crippen molar-refractivity contribution in [1.29, 1.82) is 0 Å². The Morgan fingerprint density at radius 3 is 1.62 bits per heavy atom. The lowest BCUT2D eigenvalue weighted by molar-refractivity contribution is -0.164. The Hall–Kier alpha value is -1.92. The molecular formula is C28H46O6. The van der Waals surface area contributed by atoms with Crippen LogP contribution in [0.5, 0.6) is 0 Å². The number of aromatic carboxylic acids is 1. The summed E-state index contributed by atoms with van der Waals surface area (Å²) in [6, 6.07) is 6.05. The third kappa shape index (κ3) is 14.4. The quantitative estimate of drug-likeness (QED) is 0.106. The smallest absolute Gasteiger partial charge is 0.339 e. The minimum absolute atomic E-state index is 0.0351. The van der Waals surface area contributed by atoms with Crippen LogP contribution in [0, 0.1) is 0 Å². The number of esters is 1. The maximum atomic E-state index is 12.5. The van der Waals surface area contributed by atoms with Crippen molar-refractivity contribution in [3.63, 3.8) is 0 Å². The molecule has 0 bridgehead atoms. The van der Waals surface area contributed by atoms with Gasteiger partial charge in [0, 0.05) is 13.2 Å². The third-order valence-corrected chi connectivity index (χ3v) is 5.83. The Labute approximate surface area is 206 Å². The second-order valence-electron chi connectivity index (χ2n) is 8.86. The summed E-state index contributed by atoms with van der Waals surface area (Å²) in [5.74, 6) is -1.84. The van der Waals surface area contributed by atoms with E-state index in [0.29, 0.717) is 13.2 Å². The van der Waals surface area contributed by atoms with Gasteiger partial charge in [-0.05, 0) is 25.0 Å². The van der Waals surface area contributed by atoms with Crippen LogP contribution in [0.3, 0.4) is 0 Å². The summed E-state index contributed by atoms with van der Waals surface area (Å²) in [6.45, 7) is 5.48. The Bertz CT molecular complexity index is 640. The fraction of sp³-hybridized carbons (Fsp3) is 0.714. The average Bonchev–Trinajstić information content (AvgIpc) is 2.84. The molecule has 0 saturated heterocycles. The van der Waals surface area contributed by atoms with E-state index in [4.69, 9.17) is 14.2 Å². The molecule has 34 heavy (non-hydrogen) atoms. The molecule has 194 valence electrons. The van der Waals surface area contributed by atoms with Gasteiger partial charge in [0.05, 0.1) is 11.1 Å². The monoisotopic (exact) mass is 478 g/mol. The van der Waals surface area contributed by atoms with Crippen LogP contribution in [0.25, 0.3) is 0 Å². The predicted molar refractivity (Wildman–Crippen MR) is 135 cm³/mol. The van der Waals surface area contributed by atoms with Gasteiger partial charge in [0.2, 0.25) is 0 Å². The first-order chi connectivity index (χ1) is 16.6. The second kappa shape index (κ2) is 20.5. The number of carbonyl (C=O) groups is 2. The standard InChI is InChI=1S/C28H46O6/c1-3-5-7-9-11-13-17-21-32-26(33-22-18-14-12-10-8-6-4-2)23-34-28(31)25-20-16-15-19-24(25)27(29)30/h15-16,19-20,26H,3-14,17-18,21-23H2,1-2H3,(H,29,30). The summed E-state index contributed by atoms with van der Waals surface area (Å²) in [7, 11) is 0. The normalized spacial score (nSPS) is 11.1. The van der Waals surface area contributed by atoms with Gasteiger partial charge >= 0.3 is 11.9 Å². The van der Waals surface area contributed by atoms with E-state index >= 15 is 0 Å². The topological polar surface area (TPSA) is 82.1 Å². The summed E-state index contributed by atoms with van der Waals surface area (Å²) in [6.07, 6.45) is 16.0. The van der Waals surface area contributed by atoms with Crippen molar-refractivity contribution >= 4 is 11.9 Å². The van der Waals surface area contributed by atoms with Gasteiger partial charge in [-0.15, -0.1) is 0 Å². The minimum Gasteiger partial charge on any atom is -0.478 e. The summed E-state index contributed by atoms with van der Waals surface area (Å²) in [5.41, 5.74) is -0.0371. The van der Waals surface area contributed by atoms with Crippen LogP contribution in [0.4, 0.5) is 0 Å². The zero-order valence-corrected chi connectivity index (χ0v) is 21.4. The number of ether oxygens (including phenoxy) is 3. The van der Waals surface area contributed by atoms with Gasteiger partial charge in [0.25, 0.3) is 0 Å². The van der Waals surface area contributed by atoms with Crippen LogP contribution in [0.15, 0.2) is 24.3 Å². The summed E-state index contributed by atoms with van der Waals surface area (Å²) in [5, 5.41) is 9.30. The van der Waals surface area contributed by atoms with E-state index in [-0.39, 0.29) is 17.7 Å². The number of hydrogen-bond donors (Lipinski definition) is 1. The molecule has 0 atom stereocenters. The molecule has 1 aromatic rings. The van der Waals surface area contributed by atoms with E-state index in [2.05, 4.69) is 13.8 Å². The number of benzene rings is 1. The third-order valence-electron chi connectivity index (χ3n) is 5.83. The van der Waals surface area contributed by atoms with E-state index < -0.39 is 18.2 Å². The Morgan fingerprint density at radius 2 is 1.15 bits per heavy atom. The average molecular weight is 479 g/mol. The molecule has 6 nitrogen and oxygen atoms in total. The maximum Gasteiger partial charge on any atom is 0.339 e. The molecule has 0 spiro atoms. The van der Waals surface area contributed by atoms with E-state index in [1.807, 2.05) is 0 Å². The number of unbranched alkanes of at least 4 members (excludes halogenated alkanes) is 12. The summed E-state index contributed by atoms with van der Waals surface area (Å²) < 4.78 is 17.1. The number of carboxylic acids is 1. The van der Waals surface area contributed by atoms with E-state index in [1.54, 1.807) is 12.1 Å². The fourth-order valence-electron chi connectivity index (χ4n) is 3.76. The van der Waals surface area contributed by atoms with Crippen LogP contribution in [0.1, 0.15) is 124 Å². The van der Waals surface area contributed by atoms with Crippen LogP contribution in [-0.4, -0.2) is 43.2 Å². The van der Waals surface area contributed by atoms with Gasteiger partial charge in [-0.25, -0.2) is 9.59 Å². The Balaban J connectivity index is 2.43. The Morgan fingerprint density at radius 1 is 0.706 bits per heavy atom. The zero-order chi connectivity index (χ0) is 24.9. The summed E-state index contributed by atoms with van der Waals surface area (Å²) in [4.78, 5) is 23.9. The molecule has 0 aromatic heterocycles. The van der Waals surface area contributed by atoms with Crippen molar-refractivity contribution in [2.75, 3.05) is 19.8 Å². The second-order valence-corrected chi connectivity index (χ2v) is 8.86. The molecule has 0 saturated carbocycles. The highest BCUT2D eigenvalue weighted by Crippen LogP contribution is 2.13. The molecule has 0 aliphatic heterocycles. The largest absolute Gasteiger partial charge is 0.478 e. The van der Waals surface area contributed by atoms with Gasteiger partial charge in [0.15, 0.2) is 6.29 Å². The van der Waals surface area contributed by atoms with Crippen molar-refractivity contribution in [2.24, 2.45) is 0 Å². The number of carbonyl (C=O) groups excluding carboxylic acids is 1. The lowest BCUT2D eigenvalue weighted by Crippen LogP contribution is -2.27. The fourth-order valence-corrected chi connectivity index (χ4v) is 3.76. The molecule has 6 heteroatoms. The first-order valence-corrected chi connectivity index (χ1v) is 13.3. The molecule has 0 aliphatic carbocycles. The highest BCUT2D eigenvalue weighted by atomic mass is 16.7. The molecule has 1 rings (SSSR count). The van der Waals surface area contributed by atoms with Gasteiger partial charge in [0.1, 0.15) is 6.61 Å². The van der Waals surface area contributed by atoms with Gasteiger partial charge in [-0.2, -0.15) is 0 Å². The SMILES string of the molecule is CCCCCCCCCOC(COC(=O)c1ccccc1C(=O)O)OCCCCCCCCC. The van der Waals surface area contributed by atoms with Gasteiger partial charge < -0.3 is 19.3 Å². The van der Waals surface area contributed by atoms with E-state index in [1.165, 1.54) is 76.3 Å². The lowest BCUT2D eigenvalue weighted by Gasteiger charge is -2.19. The molecule has 0 radical (unpaired) electrons. The molecule has 1 N–H and O–H groups in total. The minimum atomic E-state index is -1.16. The first kappa shape index (κ1) is 30.1. The predicted octanol–water partition coefficient (Wildman–Crippen LogP) is 7.40. The molecule has 0 heterocycles. The van der Waals surface area contributed by atoms with Crippen LogP contribution in [0.2, 0.25) is 0 Å². The van der Waals surface area contributed by atoms with Crippen LogP contribution >= 0.6 is 0 Å². The number of hydrogen-bond acceptors (Lipinski definition) is 5. The van der Waals surface area contributed by atoms with Gasteiger partial charge in [-0.1, -0.05) is 103 Å². The van der Waals surface area contributed by atoms with Crippen molar-refractivity contribution in [1.82, 2.24) is 0 Å². The first-order valence-electron chi connectivity index (χ1n) is 13.3. The summed E-state index contributed by atoms with van der Waals surface area (Å²) >= 11 is 0. The van der Waals surface area contributed by atoms with Crippen LogP contribution < -0.4 is 0 Å². The molecule has 1 aromatic carbocycles. The molecule has 0 aliphatic rings. The lowest BCUT2D eigenvalue weighted by atomic mass is 10.1. The molecular weight excluding hydrogens is 432 g/mol. The molecule has 0 unspecified atom stereocenters. The van der Waals surface area contributed by atoms with Crippen LogP contribution in [-0.2, 0) is 14.2 Å². The van der Waals surface area contributed by atoms with Gasteiger partial charge in [-0.3, -0.25) is 0 Å². The number of rotatable bonds is 22. The maximum absolute atomic E-state index is 12.5. The van der Waals surface area contributed by atoms with E-state index in [9.17, 15) is 14.7 Å². The highest BCUT2D eigenvalue weighted by molar-refractivity contribution is 6.02. The highest BCUT2D eigenvalue weighted by Gasteiger charge is 2.19. The van der Waals surface area contributed by atoms with Crippen molar-refractivity contribution in [3.8, 4) is 0 Å². The van der Waals surface area contributed by atoms with Crippen molar-refractivity contribution < 1.29 is 28.9 Å². The van der Waals surface area contributed by atoms with Crippen molar-refractivity contribution in [2.45, 2.75) is 110 Å². The zero-order valence-electron chi connectivity index (χ0n) is 21.4. The van der Waals surface area contributed by atoms with Crippen molar-refractivity contribution in [3.05, 3.63) is 35.4 Å². The molecule has 0 fully saturated rings. The Kier molecular flexibility index (Phi) is 18.1. The molecule has 0 amide bonds.